The molecule has 36 heavy (non-hydrogen) atoms. The van der Waals surface area contributed by atoms with Gasteiger partial charge in [-0.2, -0.15) is 9.49 Å². The number of fused-ring (bicyclic) bond motifs is 1. The van der Waals surface area contributed by atoms with Gasteiger partial charge in [-0.05, 0) is 19.1 Å². The molecule has 0 radical (unpaired) electrons. The molecular weight excluding hydrogens is 473 g/mol. The molecule has 2 aromatic carbocycles. The Bertz CT molecular complexity index is 1550. The third kappa shape index (κ3) is 4.50. The van der Waals surface area contributed by atoms with E-state index < -0.39 is 17.6 Å². The lowest BCUT2D eigenvalue weighted by Gasteiger charge is -2.10. The summed E-state index contributed by atoms with van der Waals surface area (Å²) in [5, 5.41) is 18.2. The molecule has 5 aromatic rings. The number of nitrogens with one attached hydrogen (secondary N) is 1. The number of hydrogen-bond donors (Lipinski definition) is 2. The molecule has 0 bridgehead atoms. The third-order valence-electron chi connectivity index (χ3n) is 5.36. The lowest BCUT2D eigenvalue weighted by atomic mass is 10.1. The molecule has 0 saturated carbocycles. The van der Waals surface area contributed by atoms with E-state index in [9.17, 15) is 18.3 Å². The van der Waals surface area contributed by atoms with E-state index in [1.807, 2.05) is 0 Å². The van der Waals surface area contributed by atoms with Crippen molar-refractivity contribution < 1.29 is 23.0 Å². The minimum absolute atomic E-state index is 0.0211. The van der Waals surface area contributed by atoms with Gasteiger partial charge in [0.1, 0.15) is 23.1 Å². The first-order valence-corrected chi connectivity index (χ1v) is 10.9. The van der Waals surface area contributed by atoms with Crippen molar-refractivity contribution in [3.63, 3.8) is 0 Å². The van der Waals surface area contributed by atoms with Gasteiger partial charge in [-0.15, -0.1) is 0 Å². The summed E-state index contributed by atoms with van der Waals surface area (Å²) in [5.41, 5.74) is 1.08. The number of aromatic nitrogens is 5. The van der Waals surface area contributed by atoms with E-state index in [0.29, 0.717) is 22.3 Å². The standard InChI is InChI=1S/C25H19F3N6O2/c1-2-36-15-10-18(26)17(19(27)11-15)13-34-20-6-4-3-5-16(20)23(33-34)25-30-12-21(35)24(32-25)31-14-7-8-29-22(28)9-14/h3-12,35H,2,13H2,1H3,(H,29,30,31,32). The van der Waals surface area contributed by atoms with Crippen LogP contribution in [0.5, 0.6) is 11.5 Å². The van der Waals surface area contributed by atoms with Crippen LogP contribution in [0.25, 0.3) is 22.4 Å². The number of aromatic hydroxyl groups is 1. The van der Waals surface area contributed by atoms with Crippen LogP contribution < -0.4 is 10.1 Å². The van der Waals surface area contributed by atoms with Crippen LogP contribution in [0.3, 0.4) is 0 Å². The fraction of sp³-hybridized carbons (Fsp3) is 0.120. The summed E-state index contributed by atoms with van der Waals surface area (Å²) in [4.78, 5) is 12.0. The normalized spacial score (nSPS) is 11.1. The summed E-state index contributed by atoms with van der Waals surface area (Å²) in [6.07, 6.45) is 2.45. The Hall–Kier alpha value is -4.67. The zero-order valence-corrected chi connectivity index (χ0v) is 18.9. The molecule has 5 rings (SSSR count). The Balaban J connectivity index is 1.55. The van der Waals surface area contributed by atoms with Crippen LogP contribution in [-0.4, -0.2) is 36.4 Å². The van der Waals surface area contributed by atoms with Crippen molar-refractivity contribution in [3.05, 3.63) is 84.1 Å². The largest absolute Gasteiger partial charge is 0.503 e. The van der Waals surface area contributed by atoms with Crippen LogP contribution in [-0.2, 0) is 6.54 Å². The molecule has 0 aliphatic heterocycles. The number of ether oxygens (including phenoxy) is 1. The summed E-state index contributed by atoms with van der Waals surface area (Å²) in [6, 6.07) is 12.0. The maximum Gasteiger partial charge on any atom is 0.214 e. The number of nitrogens with zero attached hydrogens (tertiary/aromatic N) is 5. The second-order valence-corrected chi connectivity index (χ2v) is 7.74. The summed E-state index contributed by atoms with van der Waals surface area (Å²) >= 11 is 0. The highest BCUT2D eigenvalue weighted by Crippen LogP contribution is 2.31. The molecule has 3 heterocycles. The summed E-state index contributed by atoms with van der Waals surface area (Å²) in [7, 11) is 0. The fourth-order valence-corrected chi connectivity index (χ4v) is 3.74. The van der Waals surface area contributed by atoms with Crippen LogP contribution in [0.15, 0.2) is 60.9 Å². The number of hydrogen-bond acceptors (Lipinski definition) is 7. The molecule has 0 spiro atoms. The van der Waals surface area contributed by atoms with Crippen LogP contribution in [0.2, 0.25) is 0 Å². The summed E-state index contributed by atoms with van der Waals surface area (Å²) < 4.78 is 49.6. The van der Waals surface area contributed by atoms with Gasteiger partial charge in [-0.25, -0.2) is 23.7 Å². The topological polar surface area (TPSA) is 98.0 Å². The lowest BCUT2D eigenvalue weighted by Crippen LogP contribution is -2.07. The van der Waals surface area contributed by atoms with Gasteiger partial charge in [0, 0.05) is 41.0 Å². The second kappa shape index (κ2) is 9.53. The Morgan fingerprint density at radius 3 is 2.56 bits per heavy atom. The van der Waals surface area contributed by atoms with Crippen LogP contribution in [0.1, 0.15) is 12.5 Å². The molecule has 11 heteroatoms. The van der Waals surface area contributed by atoms with Crippen molar-refractivity contribution in [3.8, 4) is 23.0 Å². The van der Waals surface area contributed by atoms with Crippen molar-refractivity contribution in [1.82, 2.24) is 24.7 Å². The number of para-hydroxylation sites is 1. The molecule has 182 valence electrons. The van der Waals surface area contributed by atoms with Gasteiger partial charge in [0.2, 0.25) is 5.95 Å². The van der Waals surface area contributed by atoms with E-state index in [-0.39, 0.29) is 41.9 Å². The minimum atomic E-state index is -0.753. The van der Waals surface area contributed by atoms with Gasteiger partial charge in [0.25, 0.3) is 0 Å². The van der Waals surface area contributed by atoms with E-state index in [2.05, 4.69) is 25.4 Å². The highest BCUT2D eigenvalue weighted by atomic mass is 19.1. The van der Waals surface area contributed by atoms with E-state index in [0.717, 1.165) is 18.2 Å². The monoisotopic (exact) mass is 492 g/mol. The smallest absolute Gasteiger partial charge is 0.214 e. The molecule has 0 aliphatic rings. The van der Waals surface area contributed by atoms with Crippen molar-refractivity contribution >= 4 is 22.4 Å². The minimum Gasteiger partial charge on any atom is -0.503 e. The highest BCUT2D eigenvalue weighted by molar-refractivity contribution is 5.92. The SMILES string of the molecule is CCOc1cc(F)c(Cn2nc(-c3ncc(O)c(Nc4ccnc(F)c4)n3)c3ccccc32)c(F)c1. The van der Waals surface area contributed by atoms with Crippen LogP contribution in [0.4, 0.5) is 24.7 Å². The van der Waals surface area contributed by atoms with Gasteiger partial charge in [-0.1, -0.05) is 18.2 Å². The molecule has 0 fully saturated rings. The summed E-state index contributed by atoms with van der Waals surface area (Å²) in [6.45, 7) is 1.82. The van der Waals surface area contributed by atoms with Crippen molar-refractivity contribution in [2.75, 3.05) is 11.9 Å². The molecule has 2 N–H and O–H groups in total. The van der Waals surface area contributed by atoms with Crippen molar-refractivity contribution in [1.29, 1.82) is 0 Å². The van der Waals surface area contributed by atoms with Gasteiger partial charge in [0.15, 0.2) is 17.4 Å². The lowest BCUT2D eigenvalue weighted by molar-refractivity contribution is 0.335. The highest BCUT2D eigenvalue weighted by Gasteiger charge is 2.19. The van der Waals surface area contributed by atoms with E-state index in [1.165, 1.54) is 23.1 Å². The van der Waals surface area contributed by atoms with Gasteiger partial charge in [0.05, 0.1) is 24.9 Å². The molecule has 0 aliphatic carbocycles. The molecule has 0 unspecified atom stereocenters. The number of rotatable bonds is 7. The second-order valence-electron chi connectivity index (χ2n) is 7.74. The zero-order chi connectivity index (χ0) is 25.2. The van der Waals surface area contributed by atoms with Crippen molar-refractivity contribution in [2.24, 2.45) is 0 Å². The number of halogens is 3. The van der Waals surface area contributed by atoms with Gasteiger partial charge >= 0.3 is 0 Å². The maximum atomic E-state index is 14.7. The predicted octanol–water partition coefficient (Wildman–Crippen LogP) is 5.20. The Morgan fingerprint density at radius 1 is 1.03 bits per heavy atom. The first kappa shape index (κ1) is 23.1. The van der Waals surface area contributed by atoms with E-state index in [4.69, 9.17) is 4.74 Å². The Kier molecular flexibility index (Phi) is 6.11. The predicted molar refractivity (Wildman–Crippen MR) is 127 cm³/mol. The molecule has 0 amide bonds. The molecule has 0 atom stereocenters. The van der Waals surface area contributed by atoms with Crippen LogP contribution in [0, 0.1) is 17.6 Å². The van der Waals surface area contributed by atoms with Crippen molar-refractivity contribution in [2.45, 2.75) is 13.5 Å². The van der Waals surface area contributed by atoms with E-state index in [1.54, 1.807) is 31.2 Å². The quantitative estimate of drug-likeness (QED) is 0.301. The molecule has 0 saturated heterocycles. The zero-order valence-electron chi connectivity index (χ0n) is 18.9. The molecule has 3 aromatic heterocycles. The van der Waals surface area contributed by atoms with Gasteiger partial charge < -0.3 is 15.2 Å². The number of anilines is 2. The van der Waals surface area contributed by atoms with Crippen LogP contribution >= 0.6 is 0 Å². The molecule has 8 nitrogen and oxygen atoms in total. The maximum absolute atomic E-state index is 14.7. The average molecular weight is 492 g/mol. The summed E-state index contributed by atoms with van der Waals surface area (Å²) in [5.74, 6) is -2.20. The third-order valence-corrected chi connectivity index (χ3v) is 5.36. The average Bonchev–Trinajstić information content (AvgIpc) is 3.22. The number of pyridine rings is 1. The Morgan fingerprint density at radius 2 is 1.81 bits per heavy atom. The fourth-order valence-electron chi connectivity index (χ4n) is 3.74. The number of benzene rings is 2. The first-order chi connectivity index (χ1) is 17.4. The first-order valence-electron chi connectivity index (χ1n) is 10.9. The van der Waals surface area contributed by atoms with Gasteiger partial charge in [-0.3, -0.25) is 4.68 Å². The Labute approximate surface area is 203 Å². The van der Waals surface area contributed by atoms with E-state index >= 15 is 0 Å². The molecular formula is C25H19F3N6O2.